The van der Waals surface area contributed by atoms with Crippen LogP contribution in [-0.2, 0) is 13.0 Å². The van der Waals surface area contributed by atoms with Gasteiger partial charge in [-0.1, -0.05) is 23.4 Å². The number of H-pyrrole nitrogens is 1. The molecule has 0 unspecified atom stereocenters. The number of aromatic nitrogens is 3. The maximum atomic E-state index is 11.9. The minimum absolute atomic E-state index is 0.0611. The average Bonchev–Trinajstić information content (AvgIpc) is 2.97. The van der Waals surface area contributed by atoms with Crippen LogP contribution in [0, 0.1) is 0 Å². The number of aromatic amines is 1. The molecule has 3 rings (SSSR count). The summed E-state index contributed by atoms with van der Waals surface area (Å²) in [5, 5.41) is 7.76. The Labute approximate surface area is 114 Å². The first-order valence-corrected chi connectivity index (χ1v) is 6.40. The number of nitrogens with zero attached hydrogens (tertiary/aromatic N) is 2. The average molecular weight is 270 g/mol. The second-order valence-corrected chi connectivity index (χ2v) is 4.47. The number of fused-ring (bicyclic) bond motifs is 1. The van der Waals surface area contributed by atoms with Crippen LogP contribution >= 0.6 is 0 Å². The summed E-state index contributed by atoms with van der Waals surface area (Å²) in [6.45, 7) is 1.18. The van der Waals surface area contributed by atoms with Crippen molar-refractivity contribution in [3.05, 3.63) is 58.5 Å². The number of nitrogens with one attached hydrogen (secondary N) is 2. The third kappa shape index (κ3) is 2.75. The molecular formula is C14H14N4O2. The van der Waals surface area contributed by atoms with Crippen molar-refractivity contribution in [2.24, 2.45) is 0 Å². The van der Waals surface area contributed by atoms with Gasteiger partial charge >= 0.3 is 0 Å². The summed E-state index contributed by atoms with van der Waals surface area (Å²) < 4.78 is 4.90. The molecule has 0 amide bonds. The van der Waals surface area contributed by atoms with Crippen molar-refractivity contribution in [2.75, 3.05) is 6.54 Å². The first kappa shape index (κ1) is 12.6. The van der Waals surface area contributed by atoms with Crippen molar-refractivity contribution in [3.63, 3.8) is 0 Å². The Morgan fingerprint density at radius 1 is 1.30 bits per heavy atom. The van der Waals surface area contributed by atoms with Crippen LogP contribution in [-0.4, -0.2) is 21.7 Å². The fourth-order valence-electron chi connectivity index (χ4n) is 2.05. The van der Waals surface area contributed by atoms with Gasteiger partial charge in [0.25, 0.3) is 5.56 Å². The molecule has 0 saturated heterocycles. The Kier molecular flexibility index (Phi) is 3.56. The summed E-state index contributed by atoms with van der Waals surface area (Å²) >= 11 is 0. The molecule has 20 heavy (non-hydrogen) atoms. The van der Waals surface area contributed by atoms with E-state index in [-0.39, 0.29) is 5.56 Å². The van der Waals surface area contributed by atoms with E-state index in [2.05, 4.69) is 20.4 Å². The van der Waals surface area contributed by atoms with Gasteiger partial charge in [0.2, 0.25) is 5.89 Å². The van der Waals surface area contributed by atoms with E-state index in [0.29, 0.717) is 31.0 Å². The monoisotopic (exact) mass is 270 g/mol. The Morgan fingerprint density at radius 2 is 2.20 bits per heavy atom. The summed E-state index contributed by atoms with van der Waals surface area (Å²) in [7, 11) is 0. The molecule has 0 radical (unpaired) electrons. The molecule has 0 atom stereocenters. The Bertz CT molecular complexity index is 749. The van der Waals surface area contributed by atoms with E-state index in [1.807, 2.05) is 30.3 Å². The molecule has 2 aromatic heterocycles. The lowest BCUT2D eigenvalue weighted by Crippen LogP contribution is -2.22. The predicted octanol–water partition coefficient (Wildman–Crippen LogP) is 1.24. The van der Waals surface area contributed by atoms with Crippen molar-refractivity contribution in [2.45, 2.75) is 13.0 Å². The van der Waals surface area contributed by atoms with Crippen LogP contribution in [0.2, 0.25) is 0 Å². The highest BCUT2D eigenvalue weighted by atomic mass is 16.5. The minimum Gasteiger partial charge on any atom is -0.340 e. The molecule has 2 heterocycles. The fourth-order valence-corrected chi connectivity index (χ4v) is 2.05. The second-order valence-electron chi connectivity index (χ2n) is 4.47. The highest BCUT2D eigenvalue weighted by Gasteiger charge is 2.03. The van der Waals surface area contributed by atoms with E-state index in [1.54, 1.807) is 0 Å². The standard InChI is InChI=1S/C14H14N4O2/c19-14-11(7-10-3-1-2-4-12(10)18-14)8-15-6-5-13-16-9-17-20-13/h1-4,7,9,15H,5-6,8H2,(H,18,19). The Balaban J connectivity index is 1.65. The number of hydrogen-bond acceptors (Lipinski definition) is 5. The molecule has 0 aliphatic heterocycles. The second kappa shape index (κ2) is 5.66. The van der Waals surface area contributed by atoms with Crippen LogP contribution < -0.4 is 10.9 Å². The summed E-state index contributed by atoms with van der Waals surface area (Å²) in [5.74, 6) is 0.588. The van der Waals surface area contributed by atoms with E-state index in [1.165, 1.54) is 6.33 Å². The van der Waals surface area contributed by atoms with Crippen LogP contribution in [0.15, 0.2) is 46.0 Å². The maximum absolute atomic E-state index is 11.9. The van der Waals surface area contributed by atoms with Crippen molar-refractivity contribution >= 4 is 10.9 Å². The van der Waals surface area contributed by atoms with Gasteiger partial charge in [-0.2, -0.15) is 4.98 Å². The number of rotatable bonds is 5. The van der Waals surface area contributed by atoms with Gasteiger partial charge < -0.3 is 14.8 Å². The molecule has 0 spiro atoms. The topological polar surface area (TPSA) is 83.8 Å². The lowest BCUT2D eigenvalue weighted by Gasteiger charge is -2.04. The molecule has 6 heteroatoms. The smallest absolute Gasteiger partial charge is 0.252 e. The van der Waals surface area contributed by atoms with Crippen LogP contribution in [0.25, 0.3) is 10.9 Å². The molecular weight excluding hydrogens is 256 g/mol. The van der Waals surface area contributed by atoms with Crippen molar-refractivity contribution in [1.29, 1.82) is 0 Å². The van der Waals surface area contributed by atoms with Gasteiger partial charge in [-0.3, -0.25) is 4.79 Å². The van der Waals surface area contributed by atoms with Gasteiger partial charge in [-0.05, 0) is 17.5 Å². The quantitative estimate of drug-likeness (QED) is 0.681. The molecule has 0 aliphatic rings. The van der Waals surface area contributed by atoms with Gasteiger partial charge in [0.1, 0.15) is 0 Å². The van der Waals surface area contributed by atoms with E-state index < -0.39 is 0 Å². The number of pyridine rings is 1. The Hall–Kier alpha value is -2.47. The minimum atomic E-state index is -0.0611. The summed E-state index contributed by atoms with van der Waals surface area (Å²) in [6.07, 6.45) is 2.02. The van der Waals surface area contributed by atoms with E-state index >= 15 is 0 Å². The van der Waals surface area contributed by atoms with Crippen LogP contribution in [0.5, 0.6) is 0 Å². The summed E-state index contributed by atoms with van der Waals surface area (Å²) in [6, 6.07) is 9.64. The number of para-hydroxylation sites is 1. The fraction of sp³-hybridized carbons (Fsp3) is 0.214. The lowest BCUT2D eigenvalue weighted by molar-refractivity contribution is 0.375. The van der Waals surface area contributed by atoms with E-state index in [0.717, 1.165) is 10.9 Å². The molecule has 0 fully saturated rings. The van der Waals surface area contributed by atoms with Gasteiger partial charge in [0, 0.05) is 30.6 Å². The molecule has 0 bridgehead atoms. The van der Waals surface area contributed by atoms with Crippen LogP contribution in [0.4, 0.5) is 0 Å². The third-order valence-corrected chi connectivity index (χ3v) is 3.07. The molecule has 3 aromatic rings. The molecule has 102 valence electrons. The molecule has 1 aromatic carbocycles. The largest absolute Gasteiger partial charge is 0.340 e. The van der Waals surface area contributed by atoms with Gasteiger partial charge in [-0.15, -0.1) is 0 Å². The predicted molar refractivity (Wildman–Crippen MR) is 74.3 cm³/mol. The highest BCUT2D eigenvalue weighted by molar-refractivity contribution is 5.78. The van der Waals surface area contributed by atoms with E-state index in [9.17, 15) is 4.79 Å². The SMILES string of the molecule is O=c1[nH]c2ccccc2cc1CNCCc1ncno1. The Morgan fingerprint density at radius 3 is 3.05 bits per heavy atom. The third-order valence-electron chi connectivity index (χ3n) is 3.07. The van der Waals surface area contributed by atoms with Crippen LogP contribution in [0.3, 0.4) is 0 Å². The van der Waals surface area contributed by atoms with Crippen molar-refractivity contribution in [3.8, 4) is 0 Å². The normalized spacial score (nSPS) is 11.0. The van der Waals surface area contributed by atoms with E-state index in [4.69, 9.17) is 4.52 Å². The first-order chi connectivity index (χ1) is 9.83. The summed E-state index contributed by atoms with van der Waals surface area (Å²) in [4.78, 5) is 18.7. The maximum Gasteiger partial charge on any atom is 0.252 e. The van der Waals surface area contributed by atoms with Gasteiger partial charge in [0.05, 0.1) is 0 Å². The molecule has 6 nitrogen and oxygen atoms in total. The first-order valence-electron chi connectivity index (χ1n) is 6.40. The number of benzene rings is 1. The molecule has 0 aliphatic carbocycles. The highest BCUT2D eigenvalue weighted by Crippen LogP contribution is 2.09. The van der Waals surface area contributed by atoms with Gasteiger partial charge in [-0.25, -0.2) is 0 Å². The zero-order valence-corrected chi connectivity index (χ0v) is 10.8. The summed E-state index contributed by atoms with van der Waals surface area (Å²) in [5.41, 5.74) is 1.51. The number of hydrogen-bond donors (Lipinski definition) is 2. The van der Waals surface area contributed by atoms with Gasteiger partial charge in [0.15, 0.2) is 6.33 Å². The molecule has 0 saturated carbocycles. The molecule has 2 N–H and O–H groups in total. The lowest BCUT2D eigenvalue weighted by atomic mass is 10.1. The van der Waals surface area contributed by atoms with Crippen LogP contribution in [0.1, 0.15) is 11.5 Å². The zero-order valence-electron chi connectivity index (χ0n) is 10.8. The van der Waals surface area contributed by atoms with Crippen molar-refractivity contribution in [1.82, 2.24) is 20.4 Å². The zero-order chi connectivity index (χ0) is 13.8. The van der Waals surface area contributed by atoms with Crippen molar-refractivity contribution < 1.29 is 4.52 Å².